The van der Waals surface area contributed by atoms with Gasteiger partial charge < -0.3 is 5.32 Å². The van der Waals surface area contributed by atoms with Crippen LogP contribution in [0.15, 0.2) is 40.9 Å². The molecule has 2 aromatic carbocycles. The molecule has 0 spiro atoms. The Bertz CT molecular complexity index is 613. The van der Waals surface area contributed by atoms with E-state index in [1.165, 1.54) is 6.07 Å². The SMILES string of the molecule is CNC(Cc1cccc(F)c1F)c1cccc(Br)c1C. The van der Waals surface area contributed by atoms with Gasteiger partial charge in [0, 0.05) is 10.5 Å². The normalized spacial score (nSPS) is 12.4. The molecule has 1 nitrogen and oxygen atoms in total. The fraction of sp³-hybridized carbons (Fsp3) is 0.250. The van der Waals surface area contributed by atoms with Crippen LogP contribution >= 0.6 is 15.9 Å². The van der Waals surface area contributed by atoms with Crippen molar-refractivity contribution in [2.75, 3.05) is 7.05 Å². The topological polar surface area (TPSA) is 12.0 Å². The first-order valence-electron chi connectivity index (χ1n) is 6.39. The van der Waals surface area contributed by atoms with E-state index in [0.717, 1.165) is 21.7 Å². The van der Waals surface area contributed by atoms with Gasteiger partial charge in [-0.15, -0.1) is 0 Å². The monoisotopic (exact) mass is 339 g/mol. The highest BCUT2D eigenvalue weighted by atomic mass is 79.9. The summed E-state index contributed by atoms with van der Waals surface area (Å²) in [6.45, 7) is 2.01. The quantitative estimate of drug-likeness (QED) is 0.862. The molecule has 106 valence electrons. The number of halogens is 3. The second-order valence-electron chi connectivity index (χ2n) is 4.71. The first-order valence-corrected chi connectivity index (χ1v) is 7.19. The molecule has 2 rings (SSSR count). The average molecular weight is 340 g/mol. The van der Waals surface area contributed by atoms with E-state index in [1.807, 2.05) is 32.2 Å². The third kappa shape index (κ3) is 3.07. The molecular weight excluding hydrogens is 324 g/mol. The van der Waals surface area contributed by atoms with Crippen LogP contribution in [0.2, 0.25) is 0 Å². The zero-order chi connectivity index (χ0) is 14.7. The number of nitrogens with one attached hydrogen (secondary N) is 1. The summed E-state index contributed by atoms with van der Waals surface area (Å²) >= 11 is 3.49. The van der Waals surface area contributed by atoms with Crippen molar-refractivity contribution in [3.8, 4) is 0 Å². The fourth-order valence-electron chi connectivity index (χ4n) is 2.30. The molecule has 0 fully saturated rings. The second-order valence-corrected chi connectivity index (χ2v) is 5.57. The van der Waals surface area contributed by atoms with E-state index in [-0.39, 0.29) is 6.04 Å². The molecular formula is C16H16BrF2N. The molecule has 0 heterocycles. The Balaban J connectivity index is 2.34. The van der Waals surface area contributed by atoms with E-state index in [2.05, 4.69) is 21.2 Å². The molecule has 0 amide bonds. The summed E-state index contributed by atoms with van der Waals surface area (Å²) in [5.74, 6) is -1.57. The lowest BCUT2D eigenvalue weighted by atomic mass is 9.95. The Morgan fingerprint density at radius 1 is 1.15 bits per heavy atom. The fourth-order valence-corrected chi connectivity index (χ4v) is 2.68. The first kappa shape index (κ1) is 15.1. The Morgan fingerprint density at radius 3 is 2.55 bits per heavy atom. The zero-order valence-electron chi connectivity index (χ0n) is 11.4. The molecule has 0 aliphatic carbocycles. The highest BCUT2D eigenvalue weighted by Crippen LogP contribution is 2.27. The van der Waals surface area contributed by atoms with Crippen molar-refractivity contribution in [1.82, 2.24) is 5.32 Å². The van der Waals surface area contributed by atoms with Gasteiger partial charge in [0.05, 0.1) is 0 Å². The maximum atomic E-state index is 13.8. The van der Waals surface area contributed by atoms with Crippen molar-refractivity contribution in [3.05, 3.63) is 69.2 Å². The number of likely N-dealkylation sites (N-methyl/N-ethyl adjacent to an activating group) is 1. The van der Waals surface area contributed by atoms with E-state index in [1.54, 1.807) is 6.07 Å². The van der Waals surface area contributed by atoms with Crippen molar-refractivity contribution in [1.29, 1.82) is 0 Å². The first-order chi connectivity index (χ1) is 9.54. The van der Waals surface area contributed by atoms with Gasteiger partial charge >= 0.3 is 0 Å². The second kappa shape index (κ2) is 6.46. The van der Waals surface area contributed by atoms with E-state index in [4.69, 9.17) is 0 Å². The van der Waals surface area contributed by atoms with Gasteiger partial charge in [0.1, 0.15) is 0 Å². The molecule has 0 saturated carbocycles. The maximum Gasteiger partial charge on any atom is 0.162 e. The van der Waals surface area contributed by atoms with Crippen molar-refractivity contribution in [3.63, 3.8) is 0 Å². The van der Waals surface area contributed by atoms with Crippen LogP contribution in [0.3, 0.4) is 0 Å². The van der Waals surface area contributed by atoms with Gasteiger partial charge in [-0.3, -0.25) is 0 Å². The van der Waals surface area contributed by atoms with Crippen LogP contribution in [-0.2, 0) is 6.42 Å². The zero-order valence-corrected chi connectivity index (χ0v) is 13.0. The largest absolute Gasteiger partial charge is 0.313 e. The number of rotatable bonds is 4. The molecule has 0 radical (unpaired) electrons. The summed E-state index contributed by atoms with van der Waals surface area (Å²) in [7, 11) is 1.82. The van der Waals surface area contributed by atoms with Crippen LogP contribution in [0.4, 0.5) is 8.78 Å². The lowest BCUT2D eigenvalue weighted by Crippen LogP contribution is -2.20. The molecule has 1 unspecified atom stereocenters. The molecule has 0 aromatic heterocycles. The predicted molar refractivity (Wildman–Crippen MR) is 80.7 cm³/mol. The van der Waals surface area contributed by atoms with Crippen LogP contribution in [0, 0.1) is 18.6 Å². The van der Waals surface area contributed by atoms with Crippen LogP contribution in [0.1, 0.15) is 22.7 Å². The lowest BCUT2D eigenvalue weighted by molar-refractivity contribution is 0.486. The molecule has 1 atom stereocenters. The molecule has 20 heavy (non-hydrogen) atoms. The standard InChI is InChI=1S/C16H16BrF2N/c1-10-12(6-4-7-13(10)17)15(20-2)9-11-5-3-8-14(18)16(11)19/h3-8,15,20H,9H2,1-2H3. The third-order valence-electron chi connectivity index (χ3n) is 3.49. The minimum absolute atomic E-state index is 0.0659. The van der Waals surface area contributed by atoms with Crippen molar-refractivity contribution >= 4 is 15.9 Å². The van der Waals surface area contributed by atoms with Crippen molar-refractivity contribution in [2.45, 2.75) is 19.4 Å². The van der Waals surface area contributed by atoms with E-state index < -0.39 is 11.6 Å². The van der Waals surface area contributed by atoms with Gasteiger partial charge in [0.15, 0.2) is 11.6 Å². The molecule has 1 N–H and O–H groups in total. The Hall–Kier alpha value is -1.26. The third-order valence-corrected chi connectivity index (χ3v) is 4.35. The summed E-state index contributed by atoms with van der Waals surface area (Å²) in [6.07, 6.45) is 0.400. The number of benzene rings is 2. The van der Waals surface area contributed by atoms with Gasteiger partial charge in [0.25, 0.3) is 0 Å². The molecule has 0 saturated heterocycles. The highest BCUT2D eigenvalue weighted by Gasteiger charge is 2.17. The summed E-state index contributed by atoms with van der Waals surface area (Å²) in [5, 5.41) is 3.17. The van der Waals surface area contributed by atoms with Crippen LogP contribution < -0.4 is 5.32 Å². The molecule has 0 aliphatic heterocycles. The summed E-state index contributed by atoms with van der Waals surface area (Å²) in [5.41, 5.74) is 2.55. The Morgan fingerprint density at radius 2 is 1.85 bits per heavy atom. The van der Waals surface area contributed by atoms with E-state index >= 15 is 0 Å². The summed E-state index contributed by atoms with van der Waals surface area (Å²) in [6, 6.07) is 10.1. The van der Waals surface area contributed by atoms with Gasteiger partial charge in [-0.25, -0.2) is 8.78 Å². The molecule has 0 bridgehead atoms. The number of hydrogen-bond acceptors (Lipinski definition) is 1. The molecule has 4 heteroatoms. The van der Waals surface area contributed by atoms with E-state index in [0.29, 0.717) is 12.0 Å². The van der Waals surface area contributed by atoms with E-state index in [9.17, 15) is 8.78 Å². The Kier molecular flexibility index (Phi) is 4.89. The maximum absolute atomic E-state index is 13.8. The minimum Gasteiger partial charge on any atom is -0.313 e. The van der Waals surface area contributed by atoms with Crippen LogP contribution in [0.5, 0.6) is 0 Å². The summed E-state index contributed by atoms with van der Waals surface area (Å²) < 4.78 is 28.1. The number of hydrogen-bond donors (Lipinski definition) is 1. The lowest BCUT2D eigenvalue weighted by Gasteiger charge is -2.20. The van der Waals surface area contributed by atoms with Gasteiger partial charge in [-0.1, -0.05) is 40.2 Å². The average Bonchev–Trinajstić information content (AvgIpc) is 2.44. The minimum atomic E-state index is -0.802. The van der Waals surface area contributed by atoms with Gasteiger partial charge in [-0.05, 0) is 49.2 Å². The van der Waals surface area contributed by atoms with Crippen LogP contribution in [-0.4, -0.2) is 7.05 Å². The van der Waals surface area contributed by atoms with Crippen molar-refractivity contribution < 1.29 is 8.78 Å². The van der Waals surface area contributed by atoms with Crippen molar-refractivity contribution in [2.24, 2.45) is 0 Å². The smallest absolute Gasteiger partial charge is 0.162 e. The summed E-state index contributed by atoms with van der Waals surface area (Å²) in [4.78, 5) is 0. The van der Waals surface area contributed by atoms with Gasteiger partial charge in [0.2, 0.25) is 0 Å². The predicted octanol–water partition coefficient (Wildman–Crippen LogP) is 4.54. The van der Waals surface area contributed by atoms with Gasteiger partial charge in [-0.2, -0.15) is 0 Å². The Labute approximate surface area is 126 Å². The highest BCUT2D eigenvalue weighted by molar-refractivity contribution is 9.10. The molecule has 2 aromatic rings. The van der Waals surface area contributed by atoms with Crippen LogP contribution in [0.25, 0.3) is 0 Å². The molecule has 0 aliphatic rings.